The smallest absolute Gasteiger partial charge is 0.330 e. The lowest BCUT2D eigenvalue weighted by molar-refractivity contribution is -0.134. The number of methoxy groups -OCH3 is 1. The molecule has 14 heavy (non-hydrogen) atoms. The molecular weight excluding hydrogens is 180 g/mol. The van der Waals surface area contributed by atoms with E-state index in [2.05, 4.69) is 4.74 Å². The monoisotopic (exact) mass is 192 g/mol. The predicted molar refractivity (Wildman–Crippen MR) is 53.8 cm³/mol. The first-order chi connectivity index (χ1) is 6.65. The number of carbonyl (C=O) groups excluding carboxylic acids is 1. The van der Waals surface area contributed by atoms with Crippen LogP contribution in [0.3, 0.4) is 0 Å². The number of para-hydroxylation sites is 1. The van der Waals surface area contributed by atoms with Crippen molar-refractivity contribution in [3.63, 3.8) is 0 Å². The van der Waals surface area contributed by atoms with Crippen LogP contribution in [0.2, 0.25) is 0 Å². The van der Waals surface area contributed by atoms with Crippen LogP contribution in [-0.2, 0) is 9.53 Å². The highest BCUT2D eigenvalue weighted by Gasteiger charge is 2.03. The van der Waals surface area contributed by atoms with Crippen LogP contribution in [0.1, 0.15) is 12.5 Å². The summed E-state index contributed by atoms with van der Waals surface area (Å²) in [4.78, 5) is 10.9. The second-order valence-corrected chi connectivity index (χ2v) is 2.87. The summed E-state index contributed by atoms with van der Waals surface area (Å²) in [5.74, 6) is -0.268. The van der Waals surface area contributed by atoms with Crippen molar-refractivity contribution in [3.8, 4) is 5.75 Å². The molecule has 0 aliphatic heterocycles. The lowest BCUT2D eigenvalue weighted by atomic mass is 10.1. The maximum atomic E-state index is 10.9. The summed E-state index contributed by atoms with van der Waals surface area (Å²) in [6.45, 7) is 1.74. The maximum absolute atomic E-state index is 10.9. The van der Waals surface area contributed by atoms with E-state index in [1.165, 1.54) is 13.2 Å². The molecular formula is C11H12O3. The minimum atomic E-state index is -0.425. The van der Waals surface area contributed by atoms with Crippen molar-refractivity contribution in [2.45, 2.75) is 6.92 Å². The van der Waals surface area contributed by atoms with Crippen molar-refractivity contribution in [1.82, 2.24) is 0 Å². The van der Waals surface area contributed by atoms with Gasteiger partial charge < -0.3 is 9.84 Å². The van der Waals surface area contributed by atoms with Gasteiger partial charge in [-0.15, -0.1) is 0 Å². The van der Waals surface area contributed by atoms with E-state index in [1.807, 2.05) is 0 Å². The zero-order valence-corrected chi connectivity index (χ0v) is 8.15. The number of hydrogen-bond acceptors (Lipinski definition) is 3. The van der Waals surface area contributed by atoms with E-state index < -0.39 is 5.97 Å². The normalized spacial score (nSPS) is 11.1. The zero-order chi connectivity index (χ0) is 10.6. The fourth-order valence-electron chi connectivity index (χ4n) is 1.12. The molecule has 0 fully saturated rings. The predicted octanol–water partition coefficient (Wildman–Crippen LogP) is 1.97. The summed E-state index contributed by atoms with van der Waals surface area (Å²) in [5, 5.41) is 9.47. The van der Waals surface area contributed by atoms with Gasteiger partial charge in [0.2, 0.25) is 0 Å². The van der Waals surface area contributed by atoms with Gasteiger partial charge in [-0.3, -0.25) is 0 Å². The molecule has 0 unspecified atom stereocenters. The molecule has 1 aromatic rings. The second-order valence-electron chi connectivity index (χ2n) is 2.87. The Bertz CT molecular complexity index is 367. The van der Waals surface area contributed by atoms with Crippen LogP contribution >= 0.6 is 0 Å². The topological polar surface area (TPSA) is 46.5 Å². The van der Waals surface area contributed by atoms with E-state index in [0.717, 1.165) is 0 Å². The van der Waals surface area contributed by atoms with Gasteiger partial charge in [-0.05, 0) is 18.6 Å². The standard InChI is InChI=1S/C11H12O3/c1-8(7-11(13)14-2)9-5-3-4-6-10(9)12/h3-7,12H,1-2H3. The van der Waals surface area contributed by atoms with Crippen LogP contribution in [0.5, 0.6) is 5.75 Å². The average molecular weight is 192 g/mol. The van der Waals surface area contributed by atoms with E-state index in [-0.39, 0.29) is 5.75 Å². The third kappa shape index (κ3) is 2.36. The number of phenolic OH excluding ortho intramolecular Hbond substituents is 1. The summed E-state index contributed by atoms with van der Waals surface area (Å²) in [7, 11) is 1.32. The molecule has 3 heteroatoms. The van der Waals surface area contributed by atoms with Crippen molar-refractivity contribution in [1.29, 1.82) is 0 Å². The molecule has 0 saturated carbocycles. The molecule has 0 aliphatic rings. The van der Waals surface area contributed by atoms with Gasteiger partial charge in [0.1, 0.15) is 5.75 Å². The molecule has 0 aliphatic carbocycles. The highest BCUT2D eigenvalue weighted by Crippen LogP contribution is 2.23. The highest BCUT2D eigenvalue weighted by molar-refractivity contribution is 5.91. The number of ether oxygens (including phenoxy) is 1. The van der Waals surface area contributed by atoms with Gasteiger partial charge in [-0.2, -0.15) is 0 Å². The van der Waals surface area contributed by atoms with E-state index in [0.29, 0.717) is 11.1 Å². The number of benzene rings is 1. The first kappa shape index (κ1) is 10.3. The van der Waals surface area contributed by atoms with Crippen molar-refractivity contribution in [2.24, 2.45) is 0 Å². The zero-order valence-electron chi connectivity index (χ0n) is 8.15. The van der Waals surface area contributed by atoms with Crippen molar-refractivity contribution in [2.75, 3.05) is 7.11 Å². The van der Waals surface area contributed by atoms with Crippen molar-refractivity contribution in [3.05, 3.63) is 35.9 Å². The Labute approximate surface area is 82.6 Å². The van der Waals surface area contributed by atoms with Crippen LogP contribution in [0.15, 0.2) is 30.3 Å². The number of aromatic hydroxyl groups is 1. The third-order valence-electron chi connectivity index (χ3n) is 1.86. The summed E-state index contributed by atoms with van der Waals surface area (Å²) < 4.78 is 4.49. The largest absolute Gasteiger partial charge is 0.507 e. The van der Waals surface area contributed by atoms with Gasteiger partial charge >= 0.3 is 5.97 Å². The number of allylic oxidation sites excluding steroid dienone is 1. The Kier molecular flexibility index (Phi) is 3.29. The van der Waals surface area contributed by atoms with Gasteiger partial charge in [0.25, 0.3) is 0 Å². The molecule has 0 atom stereocenters. The van der Waals surface area contributed by atoms with Crippen LogP contribution in [0, 0.1) is 0 Å². The van der Waals surface area contributed by atoms with Crippen LogP contribution in [0.25, 0.3) is 5.57 Å². The Balaban J connectivity index is 3.00. The van der Waals surface area contributed by atoms with Gasteiger partial charge in [0.15, 0.2) is 0 Å². The fraction of sp³-hybridized carbons (Fsp3) is 0.182. The Hall–Kier alpha value is -1.77. The number of rotatable bonds is 2. The highest BCUT2D eigenvalue weighted by atomic mass is 16.5. The fourth-order valence-corrected chi connectivity index (χ4v) is 1.12. The Morgan fingerprint density at radius 1 is 1.43 bits per heavy atom. The third-order valence-corrected chi connectivity index (χ3v) is 1.86. The number of hydrogen-bond donors (Lipinski definition) is 1. The second kappa shape index (κ2) is 4.46. The van der Waals surface area contributed by atoms with Gasteiger partial charge in [-0.1, -0.05) is 18.2 Å². The summed E-state index contributed by atoms with van der Waals surface area (Å²) >= 11 is 0. The molecule has 3 nitrogen and oxygen atoms in total. The van der Waals surface area contributed by atoms with Crippen LogP contribution in [0.4, 0.5) is 0 Å². The van der Waals surface area contributed by atoms with Gasteiger partial charge in [-0.25, -0.2) is 4.79 Å². The van der Waals surface area contributed by atoms with Gasteiger partial charge in [0, 0.05) is 11.6 Å². The molecule has 74 valence electrons. The van der Waals surface area contributed by atoms with Crippen LogP contribution in [-0.4, -0.2) is 18.2 Å². The Morgan fingerprint density at radius 3 is 2.64 bits per heavy atom. The minimum Gasteiger partial charge on any atom is -0.507 e. The van der Waals surface area contributed by atoms with Crippen LogP contribution < -0.4 is 0 Å². The Morgan fingerprint density at radius 2 is 2.07 bits per heavy atom. The van der Waals surface area contributed by atoms with E-state index in [4.69, 9.17) is 0 Å². The molecule has 0 heterocycles. The van der Waals surface area contributed by atoms with E-state index >= 15 is 0 Å². The molecule has 1 rings (SSSR count). The SMILES string of the molecule is COC(=O)C=C(C)c1ccccc1O. The molecule has 0 radical (unpaired) electrons. The lowest BCUT2D eigenvalue weighted by Gasteiger charge is -2.03. The molecule has 0 saturated heterocycles. The summed E-state index contributed by atoms with van der Waals surface area (Å²) in [6, 6.07) is 6.84. The number of esters is 1. The first-order valence-corrected chi connectivity index (χ1v) is 4.19. The van der Waals surface area contributed by atoms with Crippen molar-refractivity contribution >= 4 is 11.5 Å². The maximum Gasteiger partial charge on any atom is 0.330 e. The minimum absolute atomic E-state index is 0.158. The average Bonchev–Trinajstić information content (AvgIpc) is 2.18. The molecule has 0 spiro atoms. The summed E-state index contributed by atoms with van der Waals surface area (Å²) in [6.07, 6.45) is 1.34. The van der Waals surface area contributed by atoms with E-state index in [1.54, 1.807) is 31.2 Å². The van der Waals surface area contributed by atoms with E-state index in [9.17, 15) is 9.90 Å². The lowest BCUT2D eigenvalue weighted by Crippen LogP contribution is -1.95. The van der Waals surface area contributed by atoms with Crippen molar-refractivity contribution < 1.29 is 14.6 Å². The quantitative estimate of drug-likeness (QED) is 0.575. The summed E-state index contributed by atoms with van der Waals surface area (Å²) in [5.41, 5.74) is 1.31. The number of phenols is 1. The molecule has 0 bridgehead atoms. The number of carbonyl (C=O) groups is 1. The molecule has 1 aromatic carbocycles. The molecule has 0 amide bonds. The van der Waals surface area contributed by atoms with Gasteiger partial charge in [0.05, 0.1) is 7.11 Å². The molecule has 0 aromatic heterocycles. The molecule has 1 N–H and O–H groups in total. The first-order valence-electron chi connectivity index (χ1n) is 4.19.